The molecule has 1 amide bonds. The van der Waals surface area contributed by atoms with Crippen LogP contribution in [0.1, 0.15) is 12.8 Å². The van der Waals surface area contributed by atoms with Crippen molar-refractivity contribution in [3.8, 4) is 5.75 Å². The average Bonchev–Trinajstić information content (AvgIpc) is 2.85. The van der Waals surface area contributed by atoms with Crippen molar-refractivity contribution in [3.05, 3.63) is 48.0 Å². The first-order valence-corrected chi connectivity index (χ1v) is 13.2. The summed E-state index contributed by atoms with van der Waals surface area (Å²) >= 11 is 6.32. The molecule has 0 aliphatic carbocycles. The minimum absolute atomic E-state index is 0.0644. The van der Waals surface area contributed by atoms with Crippen LogP contribution in [0.2, 0.25) is 5.02 Å². The van der Waals surface area contributed by atoms with Gasteiger partial charge < -0.3 is 15.0 Å². The molecule has 1 fully saturated rings. The van der Waals surface area contributed by atoms with E-state index in [0.29, 0.717) is 42.1 Å². The topological polar surface area (TPSA) is 131 Å². The highest BCUT2D eigenvalue weighted by atomic mass is 35.5. The number of nitrogens with one attached hydrogen (secondary N) is 1. The molecule has 0 unspecified atom stereocenters. The molecule has 3 aromatic rings. The highest BCUT2D eigenvalue weighted by molar-refractivity contribution is 7.90. The fourth-order valence-electron chi connectivity index (χ4n) is 4.19. The number of piperidine rings is 1. The number of hydrogen-bond donors (Lipinski definition) is 1. The van der Waals surface area contributed by atoms with E-state index in [2.05, 4.69) is 30.2 Å². The zero-order valence-corrected chi connectivity index (χ0v) is 20.3. The Kier molecular flexibility index (Phi) is 6.15. The van der Waals surface area contributed by atoms with Gasteiger partial charge in [-0.3, -0.25) is 9.69 Å². The Labute approximate surface area is 207 Å². The predicted molar refractivity (Wildman–Crippen MR) is 130 cm³/mol. The van der Waals surface area contributed by atoms with Gasteiger partial charge >= 0.3 is 0 Å². The van der Waals surface area contributed by atoms with Gasteiger partial charge in [0.15, 0.2) is 28.1 Å². The summed E-state index contributed by atoms with van der Waals surface area (Å²) in [7, 11) is -3.39. The Morgan fingerprint density at radius 3 is 2.54 bits per heavy atom. The average molecular weight is 516 g/mol. The molecule has 0 radical (unpaired) electrons. The predicted octanol–water partition coefficient (Wildman–Crippen LogP) is 2.46. The lowest BCUT2D eigenvalue weighted by Gasteiger charge is -2.40. The number of halogens is 1. The summed E-state index contributed by atoms with van der Waals surface area (Å²) in [5, 5.41) is 3.29. The van der Waals surface area contributed by atoms with Crippen molar-refractivity contribution in [1.29, 1.82) is 0 Å². The van der Waals surface area contributed by atoms with Gasteiger partial charge in [-0.25, -0.2) is 28.4 Å². The zero-order valence-electron chi connectivity index (χ0n) is 18.8. The number of ether oxygens (including phenoxy) is 1. The maximum Gasteiger partial charge on any atom is 0.266 e. The van der Waals surface area contributed by atoms with Gasteiger partial charge in [0.05, 0.1) is 15.6 Å². The van der Waals surface area contributed by atoms with E-state index in [9.17, 15) is 13.2 Å². The smallest absolute Gasteiger partial charge is 0.266 e. The standard InChI is InChI=1S/C22H22ClN7O4S/c1-35(32,33)15-3-4-17(16(23)11-15)28-20-19-21(27-13-26-20)30(18(31)12-34-19)14-5-9-29(10-6-14)22-24-7-2-8-25-22/h2-4,7-8,11,13-14H,5-6,9-10,12H2,1H3,(H,26,27,28). The summed E-state index contributed by atoms with van der Waals surface area (Å²) in [6, 6.07) is 6.09. The van der Waals surface area contributed by atoms with Crippen molar-refractivity contribution in [2.75, 3.05) is 41.1 Å². The molecule has 13 heteroatoms. The number of aromatic nitrogens is 4. The molecule has 0 spiro atoms. The van der Waals surface area contributed by atoms with Crippen LogP contribution in [0.5, 0.6) is 5.75 Å². The quantitative estimate of drug-likeness (QED) is 0.540. The SMILES string of the molecule is CS(=O)(=O)c1ccc(Nc2ncnc3c2OCC(=O)N3C2CCN(c3ncccn3)CC2)c(Cl)c1. The van der Waals surface area contributed by atoms with Gasteiger partial charge in [0.2, 0.25) is 11.7 Å². The van der Waals surface area contributed by atoms with Gasteiger partial charge in [-0.1, -0.05) is 11.6 Å². The molecule has 4 heterocycles. The van der Waals surface area contributed by atoms with Gasteiger partial charge in [-0.2, -0.15) is 0 Å². The molecule has 2 aromatic heterocycles. The van der Waals surface area contributed by atoms with E-state index in [0.717, 1.165) is 19.1 Å². The molecular weight excluding hydrogens is 494 g/mol. The highest BCUT2D eigenvalue weighted by Gasteiger charge is 2.36. The van der Waals surface area contributed by atoms with Gasteiger partial charge in [-0.15, -0.1) is 0 Å². The van der Waals surface area contributed by atoms with E-state index in [-0.39, 0.29) is 28.5 Å². The second-order valence-electron chi connectivity index (χ2n) is 8.23. The minimum atomic E-state index is -3.39. The van der Waals surface area contributed by atoms with Gasteiger partial charge in [-0.05, 0) is 37.1 Å². The van der Waals surface area contributed by atoms with E-state index in [1.54, 1.807) is 29.4 Å². The lowest BCUT2D eigenvalue weighted by Crippen LogP contribution is -2.51. The summed E-state index contributed by atoms with van der Waals surface area (Å²) in [5.41, 5.74) is 0.447. The third-order valence-corrected chi connectivity index (χ3v) is 7.33. The number of anilines is 4. The molecular formula is C22H22ClN7O4S. The van der Waals surface area contributed by atoms with E-state index in [1.807, 2.05) is 0 Å². The second-order valence-corrected chi connectivity index (χ2v) is 10.7. The molecule has 1 N–H and O–H groups in total. The number of rotatable bonds is 5. The first-order chi connectivity index (χ1) is 16.8. The van der Waals surface area contributed by atoms with Crippen LogP contribution in [0.3, 0.4) is 0 Å². The van der Waals surface area contributed by atoms with Crippen molar-refractivity contribution in [2.24, 2.45) is 0 Å². The van der Waals surface area contributed by atoms with E-state index < -0.39 is 9.84 Å². The Balaban J connectivity index is 1.38. The van der Waals surface area contributed by atoms with Crippen LogP contribution >= 0.6 is 11.6 Å². The molecule has 0 saturated carbocycles. The van der Waals surface area contributed by atoms with Crippen LogP contribution in [0.4, 0.5) is 23.3 Å². The van der Waals surface area contributed by atoms with Crippen molar-refractivity contribution >= 4 is 50.6 Å². The number of amides is 1. The fourth-order valence-corrected chi connectivity index (χ4v) is 5.13. The fraction of sp³-hybridized carbons (Fsp3) is 0.318. The van der Waals surface area contributed by atoms with Gasteiger partial charge in [0.25, 0.3) is 5.91 Å². The number of carbonyl (C=O) groups is 1. The molecule has 35 heavy (non-hydrogen) atoms. The van der Waals surface area contributed by atoms with Crippen molar-refractivity contribution in [2.45, 2.75) is 23.8 Å². The number of sulfone groups is 1. The van der Waals surface area contributed by atoms with Crippen molar-refractivity contribution < 1.29 is 17.9 Å². The molecule has 0 atom stereocenters. The summed E-state index contributed by atoms with van der Waals surface area (Å²) in [4.78, 5) is 34.0. The molecule has 11 nitrogen and oxygen atoms in total. The van der Waals surface area contributed by atoms with E-state index in [1.165, 1.54) is 18.5 Å². The molecule has 1 aromatic carbocycles. The molecule has 0 bridgehead atoms. The van der Waals surface area contributed by atoms with Gasteiger partial charge in [0.1, 0.15) is 6.33 Å². The van der Waals surface area contributed by atoms with Crippen LogP contribution in [0.25, 0.3) is 0 Å². The Hall–Kier alpha value is -3.51. The minimum Gasteiger partial charge on any atom is -0.476 e. The van der Waals surface area contributed by atoms with Crippen molar-refractivity contribution in [1.82, 2.24) is 19.9 Å². The van der Waals surface area contributed by atoms with E-state index >= 15 is 0 Å². The van der Waals surface area contributed by atoms with Crippen LogP contribution in [-0.2, 0) is 14.6 Å². The maximum absolute atomic E-state index is 12.9. The zero-order chi connectivity index (χ0) is 24.6. The molecule has 5 rings (SSSR count). The number of benzene rings is 1. The highest BCUT2D eigenvalue weighted by Crippen LogP contribution is 2.40. The number of nitrogens with zero attached hydrogens (tertiary/aromatic N) is 6. The third kappa shape index (κ3) is 4.71. The largest absolute Gasteiger partial charge is 0.476 e. The normalized spacial score (nSPS) is 16.6. The Bertz CT molecular complexity index is 1370. The second kappa shape index (κ2) is 9.27. The Morgan fingerprint density at radius 1 is 1.11 bits per heavy atom. The lowest BCUT2D eigenvalue weighted by atomic mass is 10.0. The number of fused-ring (bicyclic) bond motifs is 1. The number of carbonyl (C=O) groups excluding carboxylic acids is 1. The van der Waals surface area contributed by atoms with Crippen LogP contribution in [-0.4, -0.2) is 66.3 Å². The van der Waals surface area contributed by atoms with Crippen molar-refractivity contribution in [3.63, 3.8) is 0 Å². The summed E-state index contributed by atoms with van der Waals surface area (Å²) in [6.07, 6.45) is 7.32. The summed E-state index contributed by atoms with van der Waals surface area (Å²) in [5.74, 6) is 1.55. The molecule has 1 saturated heterocycles. The summed E-state index contributed by atoms with van der Waals surface area (Å²) < 4.78 is 29.3. The van der Waals surface area contributed by atoms with Crippen LogP contribution < -0.4 is 19.9 Å². The first kappa shape index (κ1) is 23.2. The lowest BCUT2D eigenvalue weighted by molar-refractivity contribution is -0.122. The van der Waals surface area contributed by atoms with E-state index in [4.69, 9.17) is 16.3 Å². The molecule has 2 aliphatic rings. The number of hydrogen-bond acceptors (Lipinski definition) is 10. The first-order valence-electron chi connectivity index (χ1n) is 10.9. The maximum atomic E-state index is 12.9. The van der Waals surface area contributed by atoms with Gasteiger partial charge in [0, 0.05) is 37.8 Å². The Morgan fingerprint density at radius 2 is 1.86 bits per heavy atom. The monoisotopic (exact) mass is 515 g/mol. The van der Waals surface area contributed by atoms with Crippen LogP contribution in [0.15, 0.2) is 47.9 Å². The third-order valence-electron chi connectivity index (χ3n) is 5.91. The summed E-state index contributed by atoms with van der Waals surface area (Å²) in [6.45, 7) is 1.26. The molecule has 2 aliphatic heterocycles. The molecule has 182 valence electrons. The van der Waals surface area contributed by atoms with Crippen LogP contribution in [0, 0.1) is 0 Å².